The van der Waals surface area contributed by atoms with E-state index in [0.29, 0.717) is 5.56 Å². The zero-order valence-electron chi connectivity index (χ0n) is 12.3. The van der Waals surface area contributed by atoms with Gasteiger partial charge in [-0.15, -0.1) is 23.7 Å². The second-order valence-electron chi connectivity index (χ2n) is 4.71. The Kier molecular flexibility index (Phi) is 7.01. The number of esters is 1. The lowest BCUT2D eigenvalue weighted by molar-refractivity contribution is 0.0602. The monoisotopic (exact) mass is 366 g/mol. The number of rotatable bonds is 5. The number of halogens is 1. The quantitative estimate of drug-likeness (QED) is 0.608. The SMILES string of the molecule is COC(=O)c1scc(C)c1S(=O)(=O)NCC1=CCNCC1.Cl. The van der Waals surface area contributed by atoms with Crippen molar-refractivity contribution in [3.63, 3.8) is 0 Å². The van der Waals surface area contributed by atoms with Crippen LogP contribution in [0.3, 0.4) is 0 Å². The van der Waals surface area contributed by atoms with E-state index in [1.807, 2.05) is 6.08 Å². The zero-order chi connectivity index (χ0) is 15.5. The Labute approximate surface area is 140 Å². The molecule has 0 spiro atoms. The number of hydrogen-bond acceptors (Lipinski definition) is 6. The fourth-order valence-corrected chi connectivity index (χ4v) is 4.83. The minimum atomic E-state index is -3.73. The van der Waals surface area contributed by atoms with E-state index in [1.165, 1.54) is 7.11 Å². The molecule has 0 amide bonds. The molecule has 2 N–H and O–H groups in total. The van der Waals surface area contributed by atoms with Crippen LogP contribution in [0.1, 0.15) is 21.7 Å². The summed E-state index contributed by atoms with van der Waals surface area (Å²) in [6.07, 6.45) is 2.79. The first-order valence-electron chi connectivity index (χ1n) is 6.50. The second kappa shape index (κ2) is 8.07. The molecule has 0 aromatic carbocycles. The molecule has 22 heavy (non-hydrogen) atoms. The van der Waals surface area contributed by atoms with E-state index in [2.05, 4.69) is 14.8 Å². The minimum Gasteiger partial charge on any atom is -0.465 e. The van der Waals surface area contributed by atoms with Crippen molar-refractivity contribution >= 4 is 39.7 Å². The molecule has 1 aliphatic rings. The van der Waals surface area contributed by atoms with Crippen LogP contribution >= 0.6 is 23.7 Å². The van der Waals surface area contributed by atoms with Crippen molar-refractivity contribution in [2.75, 3.05) is 26.7 Å². The summed E-state index contributed by atoms with van der Waals surface area (Å²) in [5, 5.41) is 4.81. The van der Waals surface area contributed by atoms with Crippen LogP contribution in [-0.4, -0.2) is 41.1 Å². The Bertz CT molecular complexity index is 668. The Morgan fingerprint density at radius 1 is 1.50 bits per heavy atom. The van der Waals surface area contributed by atoms with Gasteiger partial charge in [0.25, 0.3) is 0 Å². The number of hydrogen-bond donors (Lipinski definition) is 2. The van der Waals surface area contributed by atoms with Crippen LogP contribution in [0.5, 0.6) is 0 Å². The van der Waals surface area contributed by atoms with Crippen molar-refractivity contribution in [2.45, 2.75) is 18.2 Å². The molecular weight excluding hydrogens is 348 g/mol. The van der Waals surface area contributed by atoms with E-state index in [4.69, 9.17) is 0 Å². The minimum absolute atomic E-state index is 0. The van der Waals surface area contributed by atoms with E-state index in [9.17, 15) is 13.2 Å². The number of thiophene rings is 1. The molecule has 0 saturated heterocycles. The maximum Gasteiger partial charge on any atom is 0.349 e. The van der Waals surface area contributed by atoms with Crippen LogP contribution in [0.4, 0.5) is 0 Å². The zero-order valence-corrected chi connectivity index (χ0v) is 14.8. The van der Waals surface area contributed by atoms with Crippen LogP contribution in [0, 0.1) is 6.92 Å². The lowest BCUT2D eigenvalue weighted by Gasteiger charge is -2.15. The maximum atomic E-state index is 12.4. The Morgan fingerprint density at radius 2 is 2.23 bits per heavy atom. The van der Waals surface area contributed by atoms with Gasteiger partial charge in [-0.05, 0) is 30.8 Å². The van der Waals surface area contributed by atoms with Gasteiger partial charge in [0, 0.05) is 13.1 Å². The number of carbonyl (C=O) groups excluding carboxylic acids is 1. The third-order valence-electron chi connectivity index (χ3n) is 3.20. The molecule has 0 aliphatic carbocycles. The molecule has 0 saturated carbocycles. The molecule has 0 radical (unpaired) electrons. The van der Waals surface area contributed by atoms with Crippen molar-refractivity contribution < 1.29 is 17.9 Å². The molecule has 0 bridgehead atoms. The normalized spacial score (nSPS) is 14.9. The summed E-state index contributed by atoms with van der Waals surface area (Å²) in [7, 11) is -2.50. The predicted molar refractivity (Wildman–Crippen MR) is 88.4 cm³/mol. The molecule has 1 aromatic heterocycles. The van der Waals surface area contributed by atoms with Crippen molar-refractivity contribution in [3.8, 4) is 0 Å². The molecular formula is C13H19ClN2O4S2. The molecule has 9 heteroatoms. The highest BCUT2D eigenvalue weighted by Crippen LogP contribution is 2.27. The smallest absolute Gasteiger partial charge is 0.349 e. The van der Waals surface area contributed by atoms with Gasteiger partial charge in [-0.3, -0.25) is 0 Å². The van der Waals surface area contributed by atoms with E-state index >= 15 is 0 Å². The van der Waals surface area contributed by atoms with Crippen molar-refractivity contribution in [1.29, 1.82) is 0 Å². The average Bonchev–Trinajstić information content (AvgIpc) is 2.88. The van der Waals surface area contributed by atoms with Gasteiger partial charge >= 0.3 is 5.97 Å². The molecule has 0 unspecified atom stereocenters. The number of carbonyl (C=O) groups is 1. The third-order valence-corrected chi connectivity index (χ3v) is 6.00. The van der Waals surface area contributed by atoms with Crippen molar-refractivity contribution in [1.82, 2.24) is 10.0 Å². The molecule has 124 valence electrons. The third kappa shape index (κ3) is 4.30. The molecule has 2 rings (SSSR count). The van der Waals surface area contributed by atoms with E-state index in [-0.39, 0.29) is 28.7 Å². The van der Waals surface area contributed by atoms with Crippen molar-refractivity contribution in [2.24, 2.45) is 0 Å². The highest BCUT2D eigenvalue weighted by atomic mass is 35.5. The molecule has 1 aliphatic heterocycles. The average molecular weight is 367 g/mol. The van der Waals surface area contributed by atoms with E-state index in [0.717, 1.165) is 36.4 Å². The van der Waals surface area contributed by atoms with E-state index in [1.54, 1.807) is 12.3 Å². The summed E-state index contributed by atoms with van der Waals surface area (Å²) in [4.78, 5) is 11.8. The largest absolute Gasteiger partial charge is 0.465 e. The number of methoxy groups -OCH3 is 1. The van der Waals surface area contributed by atoms with Gasteiger partial charge in [-0.1, -0.05) is 11.6 Å². The summed E-state index contributed by atoms with van der Waals surface area (Å²) in [6, 6.07) is 0. The highest BCUT2D eigenvalue weighted by molar-refractivity contribution is 7.89. The summed E-state index contributed by atoms with van der Waals surface area (Å²) >= 11 is 1.08. The fraction of sp³-hybridized carbons (Fsp3) is 0.462. The fourth-order valence-electron chi connectivity index (χ4n) is 2.09. The molecule has 0 atom stereocenters. The van der Waals surface area contributed by atoms with Gasteiger partial charge in [0.15, 0.2) is 0 Å². The topological polar surface area (TPSA) is 84.5 Å². The van der Waals surface area contributed by atoms with Gasteiger partial charge in [0.2, 0.25) is 10.0 Å². The standard InChI is InChI=1S/C13H18N2O4S2.ClH/c1-9-8-20-11(13(16)19-2)12(9)21(17,18)15-7-10-3-5-14-6-4-10;/h3,8,14-15H,4-7H2,1-2H3;1H. The van der Waals surface area contributed by atoms with Gasteiger partial charge in [0.1, 0.15) is 9.77 Å². The van der Waals surface area contributed by atoms with Crippen LogP contribution in [-0.2, 0) is 14.8 Å². The van der Waals surface area contributed by atoms with Crippen LogP contribution in [0.15, 0.2) is 21.9 Å². The first-order valence-corrected chi connectivity index (χ1v) is 8.86. The number of sulfonamides is 1. The first kappa shape index (κ1) is 19.1. The summed E-state index contributed by atoms with van der Waals surface area (Å²) in [5.41, 5.74) is 1.59. The molecule has 6 nitrogen and oxygen atoms in total. The van der Waals surface area contributed by atoms with Crippen LogP contribution in [0.25, 0.3) is 0 Å². The Morgan fingerprint density at radius 3 is 2.82 bits per heavy atom. The molecule has 1 aromatic rings. The number of aryl methyl sites for hydroxylation is 1. The van der Waals surface area contributed by atoms with Gasteiger partial charge in [0.05, 0.1) is 7.11 Å². The lowest BCUT2D eigenvalue weighted by atomic mass is 10.1. The second-order valence-corrected chi connectivity index (χ2v) is 7.29. The number of ether oxygens (including phenoxy) is 1. The Balaban J connectivity index is 0.00000242. The van der Waals surface area contributed by atoms with Gasteiger partial charge < -0.3 is 10.1 Å². The molecule has 2 heterocycles. The summed E-state index contributed by atoms with van der Waals surface area (Å²) < 4.78 is 32.1. The van der Waals surface area contributed by atoms with Gasteiger partial charge in [-0.25, -0.2) is 17.9 Å². The maximum absolute atomic E-state index is 12.4. The summed E-state index contributed by atoms with van der Waals surface area (Å²) in [5.74, 6) is -0.630. The highest BCUT2D eigenvalue weighted by Gasteiger charge is 2.27. The first-order chi connectivity index (χ1) is 9.95. The van der Waals surface area contributed by atoms with Crippen LogP contribution in [0.2, 0.25) is 0 Å². The Hall–Kier alpha value is -0.930. The van der Waals surface area contributed by atoms with Crippen LogP contribution < -0.4 is 10.0 Å². The van der Waals surface area contributed by atoms with Gasteiger partial charge in [-0.2, -0.15) is 0 Å². The van der Waals surface area contributed by atoms with Crippen molar-refractivity contribution in [3.05, 3.63) is 27.5 Å². The summed E-state index contributed by atoms with van der Waals surface area (Å²) in [6.45, 7) is 3.53. The number of nitrogens with one attached hydrogen (secondary N) is 2. The molecule has 0 fully saturated rings. The van der Waals surface area contributed by atoms with E-state index < -0.39 is 16.0 Å². The predicted octanol–water partition coefficient (Wildman–Crippen LogP) is 1.46. The lowest BCUT2D eigenvalue weighted by Crippen LogP contribution is -2.30.